The minimum Gasteiger partial charge on any atom is -0.493 e. The largest absolute Gasteiger partial charge is 0.493 e. The lowest BCUT2D eigenvalue weighted by Gasteiger charge is -2.28. The van der Waals surface area contributed by atoms with E-state index in [1.165, 1.54) is 30.3 Å². The van der Waals surface area contributed by atoms with Gasteiger partial charge in [0.1, 0.15) is 17.4 Å². The van der Waals surface area contributed by atoms with E-state index in [-0.39, 0.29) is 39.1 Å². The number of hydrogen-bond acceptors (Lipinski definition) is 7. The second-order valence-electron chi connectivity index (χ2n) is 12.4. The predicted molar refractivity (Wildman–Crippen MR) is 153 cm³/mol. The summed E-state index contributed by atoms with van der Waals surface area (Å²) in [4.78, 5) is 22.2. The van der Waals surface area contributed by atoms with Crippen molar-refractivity contribution in [1.29, 1.82) is 0 Å². The highest BCUT2D eigenvalue weighted by atomic mass is 32.2. The molecule has 3 N–H and O–H groups in total. The monoisotopic (exact) mass is 568 g/mol. The van der Waals surface area contributed by atoms with E-state index in [9.17, 15) is 17.6 Å². The summed E-state index contributed by atoms with van der Waals surface area (Å²) < 4.78 is 48.4. The Morgan fingerprint density at radius 2 is 1.85 bits per heavy atom. The number of anilines is 1. The standard InChI is InChI=1S/C30H37FN4O4S/c1-18(2)16-39-21-13-19(12-20(31)14-21)24-11-10-22(27(33-24)23-15-29(3,4)17-30(23,5)6)28(36)35-40(37,38)26-9-7-8-25(32)34-26/h7-14,18,23H,15-17H2,1-6H3,(H2,32,34)(H,35,36). The van der Waals surface area contributed by atoms with Crippen LogP contribution < -0.4 is 15.2 Å². The van der Waals surface area contributed by atoms with E-state index in [1.54, 1.807) is 18.2 Å². The first-order valence-electron chi connectivity index (χ1n) is 13.3. The van der Waals surface area contributed by atoms with Crippen LogP contribution in [0.4, 0.5) is 10.2 Å². The van der Waals surface area contributed by atoms with Crippen LogP contribution >= 0.6 is 0 Å². The van der Waals surface area contributed by atoms with Gasteiger partial charge in [-0.2, -0.15) is 8.42 Å². The molecule has 0 saturated heterocycles. The summed E-state index contributed by atoms with van der Waals surface area (Å²) in [7, 11) is -4.29. The number of carbonyl (C=O) groups excluding carboxylic acids is 1. The van der Waals surface area contributed by atoms with Crippen LogP contribution in [0.2, 0.25) is 0 Å². The Balaban J connectivity index is 1.79. The Bertz CT molecular complexity index is 1540. The predicted octanol–water partition coefficient (Wildman–Crippen LogP) is 5.95. The van der Waals surface area contributed by atoms with Gasteiger partial charge in [0.25, 0.3) is 15.9 Å². The first kappa shape index (κ1) is 29.5. The number of nitrogens with one attached hydrogen (secondary N) is 1. The Morgan fingerprint density at radius 3 is 2.48 bits per heavy atom. The lowest BCUT2D eigenvalue weighted by atomic mass is 9.78. The van der Waals surface area contributed by atoms with E-state index in [0.717, 1.165) is 12.8 Å². The summed E-state index contributed by atoms with van der Waals surface area (Å²) in [5, 5.41) is -0.358. The minimum atomic E-state index is -4.29. The number of hydrogen-bond donors (Lipinski definition) is 2. The Labute approximate surface area is 235 Å². The zero-order valence-corrected chi connectivity index (χ0v) is 24.6. The molecule has 3 aromatic rings. The van der Waals surface area contributed by atoms with Crippen LogP contribution in [-0.2, 0) is 10.0 Å². The smallest absolute Gasteiger partial charge is 0.281 e. The van der Waals surface area contributed by atoms with E-state index < -0.39 is 21.7 Å². The number of ether oxygens (including phenoxy) is 1. The third kappa shape index (κ3) is 6.60. The number of benzene rings is 1. The zero-order chi connectivity index (χ0) is 29.5. The average molecular weight is 569 g/mol. The number of halogens is 1. The highest BCUT2D eigenvalue weighted by molar-refractivity contribution is 7.90. The first-order chi connectivity index (χ1) is 18.6. The molecule has 0 aliphatic heterocycles. The number of nitrogens with two attached hydrogens (primary N) is 1. The van der Waals surface area contributed by atoms with E-state index in [0.29, 0.717) is 29.3 Å². The van der Waals surface area contributed by atoms with Gasteiger partial charge >= 0.3 is 0 Å². The highest BCUT2D eigenvalue weighted by Gasteiger charge is 2.47. The summed E-state index contributed by atoms with van der Waals surface area (Å²) in [5.74, 6) is -0.771. The fourth-order valence-electron chi connectivity index (χ4n) is 5.68. The lowest BCUT2D eigenvalue weighted by Crippen LogP contribution is -2.33. The molecule has 10 heteroatoms. The number of nitrogen functional groups attached to an aromatic ring is 1. The summed E-state index contributed by atoms with van der Waals surface area (Å²) in [6.45, 7) is 13.0. The summed E-state index contributed by atoms with van der Waals surface area (Å²) >= 11 is 0. The van der Waals surface area contributed by atoms with Gasteiger partial charge in [-0.15, -0.1) is 0 Å². The van der Waals surface area contributed by atoms with Crippen molar-refractivity contribution >= 4 is 21.7 Å². The molecule has 1 amide bonds. The maximum Gasteiger partial charge on any atom is 0.281 e. The third-order valence-corrected chi connectivity index (χ3v) is 8.36. The molecular formula is C30H37FN4O4S. The van der Waals surface area contributed by atoms with Gasteiger partial charge in [-0.3, -0.25) is 9.78 Å². The van der Waals surface area contributed by atoms with Gasteiger partial charge in [0.2, 0.25) is 0 Å². The first-order valence-corrected chi connectivity index (χ1v) is 14.8. The van der Waals surface area contributed by atoms with Gasteiger partial charge in [0.15, 0.2) is 5.03 Å². The number of sulfonamides is 1. The van der Waals surface area contributed by atoms with Crippen LogP contribution in [0.15, 0.2) is 53.6 Å². The SMILES string of the molecule is CC(C)COc1cc(F)cc(-c2ccc(C(=O)NS(=O)(=O)c3cccc(N)n3)c(C3CC(C)(C)CC3(C)C)n2)c1. The van der Waals surface area contributed by atoms with Crippen molar-refractivity contribution < 1.29 is 22.3 Å². The average Bonchev–Trinajstić information content (AvgIpc) is 3.08. The van der Waals surface area contributed by atoms with Gasteiger partial charge in [-0.05, 0) is 66.0 Å². The molecule has 1 fully saturated rings. The molecule has 1 aliphatic rings. The molecule has 1 saturated carbocycles. The third-order valence-electron chi connectivity index (χ3n) is 7.13. The quantitative estimate of drug-likeness (QED) is 0.344. The second kappa shape index (κ2) is 10.8. The molecule has 4 rings (SSSR count). The fourth-order valence-corrected chi connectivity index (χ4v) is 6.63. The topological polar surface area (TPSA) is 124 Å². The molecule has 8 nitrogen and oxygen atoms in total. The summed E-state index contributed by atoms with van der Waals surface area (Å²) in [6.07, 6.45) is 1.63. The molecule has 1 aromatic carbocycles. The maximum atomic E-state index is 14.6. The molecule has 1 atom stereocenters. The van der Waals surface area contributed by atoms with Crippen molar-refractivity contribution in [3.8, 4) is 17.0 Å². The molecule has 1 aliphatic carbocycles. The maximum absolute atomic E-state index is 14.6. The van der Waals surface area contributed by atoms with Crippen molar-refractivity contribution in [2.24, 2.45) is 16.7 Å². The molecule has 2 heterocycles. The Morgan fingerprint density at radius 1 is 1.12 bits per heavy atom. The number of carbonyl (C=O) groups is 1. The van der Waals surface area contributed by atoms with Crippen LogP contribution in [0.5, 0.6) is 5.75 Å². The van der Waals surface area contributed by atoms with Crippen molar-refractivity contribution in [3.05, 3.63) is 65.6 Å². The van der Waals surface area contributed by atoms with Gasteiger partial charge < -0.3 is 10.5 Å². The molecule has 214 valence electrons. The number of pyridine rings is 2. The van der Waals surface area contributed by atoms with Gasteiger partial charge in [0.05, 0.1) is 23.6 Å². The zero-order valence-electron chi connectivity index (χ0n) is 23.8. The van der Waals surface area contributed by atoms with Crippen LogP contribution in [0, 0.1) is 22.6 Å². The van der Waals surface area contributed by atoms with E-state index >= 15 is 0 Å². The van der Waals surface area contributed by atoms with Crippen LogP contribution in [0.25, 0.3) is 11.3 Å². The Kier molecular flexibility index (Phi) is 7.95. The van der Waals surface area contributed by atoms with Gasteiger partial charge in [-0.25, -0.2) is 14.1 Å². The van der Waals surface area contributed by atoms with Crippen LogP contribution in [0.3, 0.4) is 0 Å². The summed E-state index contributed by atoms with van der Waals surface area (Å²) in [5.41, 5.74) is 6.97. The molecule has 40 heavy (non-hydrogen) atoms. The van der Waals surface area contributed by atoms with Gasteiger partial charge in [0, 0.05) is 17.5 Å². The van der Waals surface area contributed by atoms with Crippen molar-refractivity contribution in [2.45, 2.75) is 65.3 Å². The van der Waals surface area contributed by atoms with Gasteiger partial charge in [-0.1, -0.05) is 47.6 Å². The second-order valence-corrected chi connectivity index (χ2v) is 14.1. The van der Waals surface area contributed by atoms with E-state index in [2.05, 4.69) is 37.4 Å². The molecule has 2 aromatic heterocycles. The highest BCUT2D eigenvalue weighted by Crippen LogP contribution is 2.57. The molecular weight excluding hydrogens is 531 g/mol. The fraction of sp³-hybridized carbons (Fsp3) is 0.433. The van der Waals surface area contributed by atoms with Crippen LogP contribution in [-0.4, -0.2) is 30.9 Å². The van der Waals surface area contributed by atoms with Crippen molar-refractivity contribution in [1.82, 2.24) is 14.7 Å². The van der Waals surface area contributed by atoms with Crippen molar-refractivity contribution in [3.63, 3.8) is 0 Å². The molecule has 0 bridgehead atoms. The number of rotatable bonds is 8. The molecule has 0 spiro atoms. The number of nitrogens with zero attached hydrogens (tertiary/aromatic N) is 2. The number of aromatic nitrogens is 2. The Hall–Kier alpha value is -3.53. The van der Waals surface area contributed by atoms with E-state index in [1.807, 2.05) is 13.8 Å². The molecule has 1 unspecified atom stereocenters. The minimum absolute atomic E-state index is 0.0174. The van der Waals surface area contributed by atoms with Crippen LogP contribution in [0.1, 0.15) is 76.4 Å². The lowest BCUT2D eigenvalue weighted by molar-refractivity contribution is 0.0978. The summed E-state index contributed by atoms with van der Waals surface area (Å²) in [6, 6.07) is 11.7. The number of amides is 1. The molecule has 0 radical (unpaired) electrons. The normalized spacial score (nSPS) is 18.1. The van der Waals surface area contributed by atoms with Crippen molar-refractivity contribution in [2.75, 3.05) is 12.3 Å². The van der Waals surface area contributed by atoms with E-state index in [4.69, 9.17) is 15.5 Å².